The van der Waals surface area contributed by atoms with E-state index in [9.17, 15) is 8.42 Å². The Morgan fingerprint density at radius 1 is 0.947 bits per heavy atom. The largest absolute Gasteiger partial charge is 0.457 e. The van der Waals surface area contributed by atoms with E-state index in [0.717, 1.165) is 50.0 Å². The topological polar surface area (TPSA) is 119 Å². The van der Waals surface area contributed by atoms with E-state index in [1.54, 1.807) is 6.20 Å². The molecule has 5 aromatic rings. The van der Waals surface area contributed by atoms with Gasteiger partial charge in [-0.05, 0) is 48.5 Å². The van der Waals surface area contributed by atoms with Crippen molar-refractivity contribution >= 4 is 43.5 Å². The van der Waals surface area contributed by atoms with E-state index in [2.05, 4.69) is 15.6 Å². The predicted octanol–water partition coefficient (Wildman–Crippen LogP) is 5.31. The van der Waals surface area contributed by atoms with E-state index in [-0.39, 0.29) is 11.6 Å². The van der Waals surface area contributed by atoms with Gasteiger partial charge in [0, 0.05) is 47.0 Å². The number of thiazole rings is 1. The molecule has 0 bridgehead atoms. The van der Waals surface area contributed by atoms with Gasteiger partial charge in [0.25, 0.3) is 0 Å². The van der Waals surface area contributed by atoms with Crippen molar-refractivity contribution in [3.05, 3.63) is 95.4 Å². The smallest absolute Gasteiger partial charge is 0.164 e. The Morgan fingerprint density at radius 3 is 2.53 bits per heavy atom. The fraction of sp³-hybridized carbons (Fsp3) is 0.143. The first-order valence-electron chi connectivity index (χ1n) is 12.0. The van der Waals surface area contributed by atoms with Crippen molar-refractivity contribution in [1.29, 1.82) is 0 Å². The number of para-hydroxylation sites is 1. The van der Waals surface area contributed by atoms with Crippen LogP contribution in [0.2, 0.25) is 0 Å². The minimum atomic E-state index is -3.19. The van der Waals surface area contributed by atoms with Crippen LogP contribution < -0.4 is 21.1 Å². The lowest BCUT2D eigenvalue weighted by atomic mass is 10.1. The van der Waals surface area contributed by atoms with Gasteiger partial charge in [-0.1, -0.05) is 30.3 Å². The maximum atomic E-state index is 11.5. The van der Waals surface area contributed by atoms with E-state index in [0.29, 0.717) is 13.1 Å². The van der Waals surface area contributed by atoms with Crippen molar-refractivity contribution in [3.63, 3.8) is 0 Å². The van der Waals surface area contributed by atoms with Crippen LogP contribution in [0, 0.1) is 0 Å². The van der Waals surface area contributed by atoms with Crippen molar-refractivity contribution in [2.45, 2.75) is 6.54 Å². The second kappa shape index (κ2) is 11.7. The summed E-state index contributed by atoms with van der Waals surface area (Å²) < 4.78 is 28.9. The number of hydrogen-bond donors (Lipinski definition) is 3. The fourth-order valence-electron chi connectivity index (χ4n) is 3.83. The molecule has 194 valence electrons. The van der Waals surface area contributed by atoms with Gasteiger partial charge >= 0.3 is 0 Å². The summed E-state index contributed by atoms with van der Waals surface area (Å²) in [7, 11) is -3.19. The Kier molecular flexibility index (Phi) is 7.94. The lowest BCUT2D eigenvalue weighted by Gasteiger charge is -2.11. The summed E-state index contributed by atoms with van der Waals surface area (Å²) in [5.41, 5.74) is 9.83. The first-order valence-corrected chi connectivity index (χ1v) is 14.7. The van der Waals surface area contributed by atoms with E-state index >= 15 is 0 Å². The Labute approximate surface area is 225 Å². The highest BCUT2D eigenvalue weighted by molar-refractivity contribution is 7.91. The SMILES string of the molecule is NCS(=O)(=O)CCNCc1nc(-c2ccc3c(Nc4ccc(Oc5ccccc5)cc4)ccnc3c2)cs1. The molecule has 0 amide bonds. The van der Waals surface area contributed by atoms with Crippen molar-refractivity contribution in [1.82, 2.24) is 15.3 Å². The molecule has 2 heterocycles. The van der Waals surface area contributed by atoms with Crippen LogP contribution in [0.4, 0.5) is 11.4 Å². The molecule has 3 aromatic carbocycles. The number of rotatable bonds is 11. The van der Waals surface area contributed by atoms with Crippen molar-refractivity contribution in [3.8, 4) is 22.8 Å². The van der Waals surface area contributed by atoms with Gasteiger partial charge in [0.1, 0.15) is 16.5 Å². The highest BCUT2D eigenvalue weighted by Gasteiger charge is 2.10. The summed E-state index contributed by atoms with van der Waals surface area (Å²) in [5, 5.41) is 10.5. The molecule has 0 atom stereocenters. The summed E-state index contributed by atoms with van der Waals surface area (Å²) in [6.07, 6.45) is 1.78. The van der Waals surface area contributed by atoms with Crippen LogP contribution in [0.3, 0.4) is 0 Å². The van der Waals surface area contributed by atoms with Crippen LogP contribution in [0.5, 0.6) is 11.5 Å². The first-order chi connectivity index (χ1) is 18.5. The van der Waals surface area contributed by atoms with Crippen LogP contribution in [0.1, 0.15) is 5.01 Å². The molecule has 10 heteroatoms. The molecule has 0 aliphatic heterocycles. The normalized spacial score (nSPS) is 11.5. The lowest BCUT2D eigenvalue weighted by molar-refractivity contribution is 0.483. The number of nitrogens with two attached hydrogens (primary N) is 1. The molecule has 0 saturated heterocycles. The zero-order valence-corrected chi connectivity index (χ0v) is 22.1. The third-order valence-corrected chi connectivity index (χ3v) is 8.01. The second-order valence-corrected chi connectivity index (χ2v) is 11.7. The second-order valence-electron chi connectivity index (χ2n) is 8.57. The standard InChI is InChI=1S/C28H27N5O3S2/c29-19-38(34,35)15-14-30-17-28-33-27(18-37-28)20-6-11-24-25(12-13-31-26(24)16-20)32-21-7-9-23(10-8-21)36-22-4-2-1-3-5-22/h1-13,16,18,30H,14-15,17,19,29H2,(H,31,32). The molecule has 0 saturated carbocycles. The van der Waals surface area contributed by atoms with E-state index in [1.807, 2.05) is 84.2 Å². The minimum absolute atomic E-state index is 0.0139. The molecule has 8 nitrogen and oxygen atoms in total. The molecule has 0 radical (unpaired) electrons. The molecule has 0 unspecified atom stereocenters. The quantitative estimate of drug-likeness (QED) is 0.191. The Morgan fingerprint density at radius 2 is 1.74 bits per heavy atom. The molecule has 0 aliphatic carbocycles. The summed E-state index contributed by atoms with van der Waals surface area (Å²) >= 11 is 1.53. The highest BCUT2D eigenvalue weighted by Crippen LogP contribution is 2.31. The van der Waals surface area contributed by atoms with Gasteiger partial charge in [-0.2, -0.15) is 0 Å². The summed E-state index contributed by atoms with van der Waals surface area (Å²) in [6.45, 7) is 0.840. The molecular weight excluding hydrogens is 518 g/mol. The number of sulfone groups is 1. The monoisotopic (exact) mass is 545 g/mol. The van der Waals surface area contributed by atoms with Gasteiger partial charge in [-0.15, -0.1) is 11.3 Å². The van der Waals surface area contributed by atoms with Gasteiger partial charge in [0.05, 0.1) is 22.8 Å². The van der Waals surface area contributed by atoms with Crippen molar-refractivity contribution < 1.29 is 13.2 Å². The molecule has 38 heavy (non-hydrogen) atoms. The number of ether oxygens (including phenoxy) is 1. The van der Waals surface area contributed by atoms with Gasteiger partial charge in [-0.3, -0.25) is 4.98 Å². The first kappa shape index (κ1) is 25.8. The summed E-state index contributed by atoms with van der Waals surface area (Å²) in [4.78, 5) is 9.26. The third-order valence-electron chi connectivity index (χ3n) is 5.82. The highest BCUT2D eigenvalue weighted by atomic mass is 32.2. The number of benzene rings is 3. The van der Waals surface area contributed by atoms with Crippen molar-refractivity contribution in [2.24, 2.45) is 5.73 Å². The van der Waals surface area contributed by atoms with Crippen LogP contribution in [-0.2, 0) is 16.4 Å². The van der Waals surface area contributed by atoms with Crippen LogP contribution >= 0.6 is 11.3 Å². The average Bonchev–Trinajstić information content (AvgIpc) is 3.42. The molecule has 0 fully saturated rings. The van der Waals surface area contributed by atoms with E-state index in [1.165, 1.54) is 11.3 Å². The Bertz CT molecular complexity index is 1620. The van der Waals surface area contributed by atoms with Gasteiger partial charge in [0.15, 0.2) is 9.84 Å². The molecule has 0 spiro atoms. The summed E-state index contributed by atoms with van der Waals surface area (Å²) in [5.74, 6) is 1.24. The fourth-order valence-corrected chi connectivity index (χ4v) is 5.23. The van der Waals surface area contributed by atoms with E-state index in [4.69, 9.17) is 15.5 Å². The van der Waals surface area contributed by atoms with Crippen molar-refractivity contribution in [2.75, 3.05) is 23.5 Å². The van der Waals surface area contributed by atoms with Gasteiger partial charge in [-0.25, -0.2) is 13.4 Å². The summed E-state index contributed by atoms with van der Waals surface area (Å²) in [6, 6.07) is 25.6. The molecule has 0 aliphatic rings. The minimum Gasteiger partial charge on any atom is -0.457 e. The lowest BCUT2D eigenvalue weighted by Crippen LogP contribution is -2.26. The van der Waals surface area contributed by atoms with Crippen LogP contribution in [0.25, 0.3) is 22.2 Å². The zero-order chi connectivity index (χ0) is 26.4. The third kappa shape index (κ3) is 6.53. The maximum absolute atomic E-state index is 11.5. The number of hydrogen-bond acceptors (Lipinski definition) is 9. The number of fused-ring (bicyclic) bond motifs is 1. The van der Waals surface area contributed by atoms with Gasteiger partial charge < -0.3 is 21.1 Å². The molecule has 5 rings (SSSR count). The number of aromatic nitrogens is 2. The number of pyridine rings is 1. The molecule has 2 aromatic heterocycles. The van der Waals surface area contributed by atoms with Gasteiger partial charge in [0.2, 0.25) is 0 Å². The maximum Gasteiger partial charge on any atom is 0.164 e. The number of nitrogens with zero attached hydrogens (tertiary/aromatic N) is 2. The molecular formula is C28H27N5O3S2. The Balaban J connectivity index is 1.25. The number of anilines is 2. The van der Waals surface area contributed by atoms with E-state index < -0.39 is 9.84 Å². The predicted molar refractivity (Wildman–Crippen MR) is 154 cm³/mol. The van der Waals surface area contributed by atoms with Crippen LogP contribution in [0.15, 0.2) is 90.4 Å². The molecule has 4 N–H and O–H groups in total. The zero-order valence-electron chi connectivity index (χ0n) is 20.5. The van der Waals surface area contributed by atoms with Crippen LogP contribution in [-0.4, -0.2) is 36.6 Å². The number of nitrogens with one attached hydrogen (secondary N) is 2. The average molecular weight is 546 g/mol. The Hall–Kier alpha value is -3.83.